The van der Waals surface area contributed by atoms with Crippen LogP contribution in [-0.2, 0) is 4.74 Å². The van der Waals surface area contributed by atoms with E-state index < -0.39 is 5.97 Å². The highest BCUT2D eigenvalue weighted by molar-refractivity contribution is 6.00. The summed E-state index contributed by atoms with van der Waals surface area (Å²) in [5, 5.41) is 0. The van der Waals surface area contributed by atoms with Gasteiger partial charge in [0.15, 0.2) is 12.4 Å². The van der Waals surface area contributed by atoms with Crippen molar-refractivity contribution in [3.63, 3.8) is 0 Å². The van der Waals surface area contributed by atoms with Crippen LogP contribution < -0.4 is 9.47 Å². The Kier molecular flexibility index (Phi) is 5.66. The van der Waals surface area contributed by atoms with E-state index >= 15 is 0 Å². The number of hydrogen-bond donors (Lipinski definition) is 1. The van der Waals surface area contributed by atoms with E-state index in [1.807, 2.05) is 24.3 Å². The molecule has 31 heavy (non-hydrogen) atoms. The smallest absolute Gasteiger partial charge is 0.338 e. The van der Waals surface area contributed by atoms with Gasteiger partial charge in [-0.05, 0) is 54.6 Å². The van der Waals surface area contributed by atoms with Gasteiger partial charge in [-0.15, -0.1) is 0 Å². The molecule has 0 fully saturated rings. The van der Waals surface area contributed by atoms with Gasteiger partial charge in [-0.1, -0.05) is 12.1 Å². The molecule has 0 aliphatic carbocycles. The van der Waals surface area contributed by atoms with E-state index in [1.54, 1.807) is 49.6 Å². The Morgan fingerprint density at radius 2 is 1.65 bits per heavy atom. The minimum Gasteiger partial charge on any atom is -0.497 e. The molecule has 156 valence electrons. The molecule has 4 aromatic rings. The molecule has 4 rings (SSSR count). The van der Waals surface area contributed by atoms with Crippen LogP contribution in [-0.4, -0.2) is 42.5 Å². The van der Waals surface area contributed by atoms with Crippen molar-refractivity contribution in [2.75, 3.05) is 20.8 Å². The Morgan fingerprint density at radius 1 is 0.871 bits per heavy atom. The summed E-state index contributed by atoms with van der Waals surface area (Å²) in [5.41, 5.74) is 3.05. The van der Waals surface area contributed by atoms with Gasteiger partial charge in [-0.25, -0.2) is 9.78 Å². The van der Waals surface area contributed by atoms with Crippen molar-refractivity contribution in [1.29, 1.82) is 0 Å². The van der Waals surface area contributed by atoms with Crippen molar-refractivity contribution < 1.29 is 23.8 Å². The minimum absolute atomic E-state index is 0.309. The predicted octanol–water partition coefficient (Wildman–Crippen LogP) is 4.29. The molecule has 1 aromatic heterocycles. The summed E-state index contributed by atoms with van der Waals surface area (Å²) < 4.78 is 15.5. The first-order chi connectivity index (χ1) is 15.1. The Morgan fingerprint density at radius 3 is 2.39 bits per heavy atom. The second-order valence-electron chi connectivity index (χ2n) is 6.78. The molecule has 0 atom stereocenters. The topological polar surface area (TPSA) is 90.5 Å². The molecule has 3 aromatic carbocycles. The standard InChI is InChI=1S/C24H20N2O5/c1-29-18-9-6-15(7-10-18)23-25-20-11-8-17(13-21(20)26-23)24(28)31-14-22(27)16-4-3-5-19(12-16)30-2/h3-13H,14H2,1-2H3,(H,25,26). The number of nitrogens with zero attached hydrogens (tertiary/aromatic N) is 1. The van der Waals surface area contributed by atoms with Crippen LogP contribution in [0.1, 0.15) is 20.7 Å². The van der Waals surface area contributed by atoms with E-state index in [9.17, 15) is 9.59 Å². The summed E-state index contributed by atoms with van der Waals surface area (Å²) >= 11 is 0. The fourth-order valence-corrected chi connectivity index (χ4v) is 3.12. The van der Waals surface area contributed by atoms with E-state index in [0.29, 0.717) is 28.2 Å². The molecule has 1 N–H and O–H groups in total. The summed E-state index contributed by atoms with van der Waals surface area (Å²) in [7, 11) is 3.14. The lowest BCUT2D eigenvalue weighted by Crippen LogP contribution is -2.14. The molecule has 7 nitrogen and oxygen atoms in total. The Bertz CT molecular complexity index is 1240. The molecule has 0 spiro atoms. The summed E-state index contributed by atoms with van der Waals surface area (Å²) in [6.45, 7) is -0.357. The highest BCUT2D eigenvalue weighted by atomic mass is 16.5. The fourth-order valence-electron chi connectivity index (χ4n) is 3.12. The van der Waals surface area contributed by atoms with Gasteiger partial charge in [-0.3, -0.25) is 4.79 Å². The number of esters is 1. The largest absolute Gasteiger partial charge is 0.497 e. The maximum absolute atomic E-state index is 12.4. The van der Waals surface area contributed by atoms with Crippen LogP contribution in [0.5, 0.6) is 11.5 Å². The van der Waals surface area contributed by atoms with Crippen LogP contribution in [0, 0.1) is 0 Å². The fraction of sp³-hybridized carbons (Fsp3) is 0.125. The zero-order valence-corrected chi connectivity index (χ0v) is 17.0. The number of Topliss-reactive ketones (excluding diaryl/α,β-unsaturated/α-hetero) is 1. The van der Waals surface area contributed by atoms with Gasteiger partial charge in [0.25, 0.3) is 0 Å². The lowest BCUT2D eigenvalue weighted by atomic mass is 10.1. The number of rotatable bonds is 7. The van der Waals surface area contributed by atoms with Crippen molar-refractivity contribution in [1.82, 2.24) is 9.97 Å². The number of H-pyrrole nitrogens is 1. The lowest BCUT2D eigenvalue weighted by molar-refractivity contribution is 0.0475. The Labute approximate surface area is 178 Å². The lowest BCUT2D eigenvalue weighted by Gasteiger charge is -2.06. The number of imidazole rings is 1. The van der Waals surface area contributed by atoms with E-state index in [1.165, 1.54) is 7.11 Å². The molecule has 7 heteroatoms. The van der Waals surface area contributed by atoms with Crippen molar-refractivity contribution in [2.24, 2.45) is 0 Å². The van der Waals surface area contributed by atoms with Crippen LogP contribution in [0.15, 0.2) is 66.7 Å². The average Bonchev–Trinajstić information content (AvgIpc) is 3.25. The maximum atomic E-state index is 12.4. The van der Waals surface area contributed by atoms with Crippen LogP contribution >= 0.6 is 0 Å². The molecule has 0 saturated heterocycles. The minimum atomic E-state index is -0.584. The second-order valence-corrected chi connectivity index (χ2v) is 6.78. The SMILES string of the molecule is COc1ccc(-c2nc3ccc(C(=O)OCC(=O)c4cccc(OC)c4)cc3[nH]2)cc1. The summed E-state index contributed by atoms with van der Waals surface area (Å²) in [4.78, 5) is 32.5. The molecule has 0 aliphatic rings. The third-order valence-electron chi connectivity index (χ3n) is 4.81. The highest BCUT2D eigenvalue weighted by Crippen LogP contribution is 2.23. The molecule has 0 aliphatic heterocycles. The highest BCUT2D eigenvalue weighted by Gasteiger charge is 2.14. The first kappa shape index (κ1) is 20.2. The predicted molar refractivity (Wildman–Crippen MR) is 116 cm³/mol. The van der Waals surface area contributed by atoms with Gasteiger partial charge in [0.2, 0.25) is 0 Å². The van der Waals surface area contributed by atoms with E-state index in [2.05, 4.69) is 9.97 Å². The number of hydrogen-bond acceptors (Lipinski definition) is 6. The number of aromatic amines is 1. The van der Waals surface area contributed by atoms with Gasteiger partial charge in [0.05, 0.1) is 30.8 Å². The van der Waals surface area contributed by atoms with Crippen molar-refractivity contribution in [3.8, 4) is 22.9 Å². The normalized spacial score (nSPS) is 10.6. The zero-order valence-electron chi connectivity index (χ0n) is 17.0. The number of ketones is 1. The molecular weight excluding hydrogens is 396 g/mol. The van der Waals surface area contributed by atoms with Crippen molar-refractivity contribution in [2.45, 2.75) is 0 Å². The number of ether oxygens (including phenoxy) is 3. The van der Waals surface area contributed by atoms with E-state index in [-0.39, 0.29) is 12.4 Å². The van der Waals surface area contributed by atoms with Crippen LogP contribution in [0.4, 0.5) is 0 Å². The molecule has 1 heterocycles. The van der Waals surface area contributed by atoms with Gasteiger partial charge >= 0.3 is 5.97 Å². The second kappa shape index (κ2) is 8.71. The average molecular weight is 416 g/mol. The number of fused-ring (bicyclic) bond motifs is 1. The first-order valence-corrected chi connectivity index (χ1v) is 9.56. The molecular formula is C24H20N2O5. The summed E-state index contributed by atoms with van der Waals surface area (Å²) in [5.74, 6) is 1.11. The Hall–Kier alpha value is -4.13. The van der Waals surface area contributed by atoms with Crippen molar-refractivity contribution in [3.05, 3.63) is 77.9 Å². The van der Waals surface area contributed by atoms with E-state index in [0.717, 1.165) is 16.8 Å². The van der Waals surface area contributed by atoms with Crippen LogP contribution in [0.25, 0.3) is 22.4 Å². The summed E-state index contributed by atoms with van der Waals surface area (Å²) in [6.07, 6.45) is 0. The van der Waals surface area contributed by atoms with Crippen LogP contribution in [0.2, 0.25) is 0 Å². The summed E-state index contributed by atoms with van der Waals surface area (Å²) in [6, 6.07) is 19.2. The monoisotopic (exact) mass is 416 g/mol. The van der Waals surface area contributed by atoms with Gasteiger partial charge in [-0.2, -0.15) is 0 Å². The quantitative estimate of drug-likeness (QED) is 0.357. The molecule has 0 radical (unpaired) electrons. The zero-order chi connectivity index (χ0) is 21.8. The Balaban J connectivity index is 1.47. The number of methoxy groups -OCH3 is 2. The van der Waals surface area contributed by atoms with Gasteiger partial charge in [0, 0.05) is 11.1 Å². The molecule has 0 saturated carbocycles. The first-order valence-electron chi connectivity index (χ1n) is 9.56. The van der Waals surface area contributed by atoms with Crippen LogP contribution in [0.3, 0.4) is 0 Å². The molecule has 0 unspecified atom stereocenters. The number of carbonyl (C=O) groups is 2. The number of carbonyl (C=O) groups excluding carboxylic acids is 2. The number of nitrogens with one attached hydrogen (secondary N) is 1. The van der Waals surface area contributed by atoms with Gasteiger partial charge in [0.1, 0.15) is 17.3 Å². The van der Waals surface area contributed by atoms with Crippen molar-refractivity contribution >= 4 is 22.8 Å². The third-order valence-corrected chi connectivity index (χ3v) is 4.81. The van der Waals surface area contributed by atoms with Gasteiger partial charge < -0.3 is 19.2 Å². The molecule has 0 amide bonds. The third kappa shape index (κ3) is 4.40. The maximum Gasteiger partial charge on any atom is 0.338 e. The van der Waals surface area contributed by atoms with E-state index in [4.69, 9.17) is 14.2 Å². The number of aromatic nitrogens is 2. The molecule has 0 bridgehead atoms. The number of benzene rings is 3.